The van der Waals surface area contributed by atoms with Crippen molar-refractivity contribution >= 4 is 11.6 Å². The zero-order valence-corrected chi connectivity index (χ0v) is 10.8. The van der Waals surface area contributed by atoms with Crippen LogP contribution in [0.4, 0.5) is 0 Å². The molecular weight excluding hydrogens is 256 g/mol. The number of aliphatic hydroxyl groups is 1. The van der Waals surface area contributed by atoms with Gasteiger partial charge in [-0.25, -0.2) is 0 Å². The van der Waals surface area contributed by atoms with Gasteiger partial charge in [-0.2, -0.15) is 4.98 Å². The average molecular weight is 269 g/mol. The Morgan fingerprint density at radius 3 is 2.83 bits per heavy atom. The maximum atomic E-state index is 9.42. The van der Waals surface area contributed by atoms with Crippen LogP contribution >= 0.6 is 11.6 Å². The minimum Gasteiger partial charge on any atom is -0.482 e. The Morgan fingerprint density at radius 1 is 1.50 bits per heavy atom. The van der Waals surface area contributed by atoms with Crippen molar-refractivity contribution in [2.75, 3.05) is 0 Å². The molecule has 0 spiro atoms. The maximum Gasteiger partial charge on any atom is 0.264 e. The van der Waals surface area contributed by atoms with E-state index in [0.29, 0.717) is 22.5 Å². The van der Waals surface area contributed by atoms with Gasteiger partial charge in [0, 0.05) is 0 Å². The SMILES string of the molecule is Cc1noc(COc2ccc([C@@H](C)O)cc2Cl)n1. The molecule has 0 aliphatic rings. The van der Waals surface area contributed by atoms with Gasteiger partial charge in [-0.3, -0.25) is 0 Å². The van der Waals surface area contributed by atoms with Crippen molar-refractivity contribution in [1.29, 1.82) is 0 Å². The van der Waals surface area contributed by atoms with Crippen molar-refractivity contribution < 1.29 is 14.4 Å². The molecule has 1 aromatic carbocycles. The summed E-state index contributed by atoms with van der Waals surface area (Å²) in [5, 5.41) is 13.5. The smallest absolute Gasteiger partial charge is 0.264 e. The molecule has 2 aromatic rings. The lowest BCUT2D eigenvalue weighted by atomic mass is 10.1. The van der Waals surface area contributed by atoms with E-state index in [0.717, 1.165) is 5.56 Å². The Labute approximate surface area is 109 Å². The van der Waals surface area contributed by atoms with Crippen LogP contribution in [-0.2, 0) is 6.61 Å². The van der Waals surface area contributed by atoms with Gasteiger partial charge in [0.15, 0.2) is 12.4 Å². The highest BCUT2D eigenvalue weighted by Crippen LogP contribution is 2.28. The Morgan fingerprint density at radius 2 is 2.28 bits per heavy atom. The minimum atomic E-state index is -0.560. The Bertz CT molecular complexity index is 540. The lowest BCUT2D eigenvalue weighted by molar-refractivity contribution is 0.199. The third kappa shape index (κ3) is 3.00. The van der Waals surface area contributed by atoms with Gasteiger partial charge in [-0.05, 0) is 31.5 Å². The molecule has 1 N–H and O–H groups in total. The molecule has 0 fully saturated rings. The summed E-state index contributed by atoms with van der Waals surface area (Å²) in [4.78, 5) is 4.02. The largest absolute Gasteiger partial charge is 0.482 e. The fraction of sp³-hybridized carbons (Fsp3) is 0.333. The van der Waals surface area contributed by atoms with E-state index in [2.05, 4.69) is 10.1 Å². The number of nitrogens with zero attached hydrogens (tertiary/aromatic N) is 2. The van der Waals surface area contributed by atoms with Gasteiger partial charge in [0.25, 0.3) is 5.89 Å². The van der Waals surface area contributed by atoms with Crippen LogP contribution < -0.4 is 4.74 Å². The van der Waals surface area contributed by atoms with Gasteiger partial charge in [-0.15, -0.1) is 0 Å². The molecule has 6 heteroatoms. The van der Waals surface area contributed by atoms with Crippen LogP contribution in [-0.4, -0.2) is 15.2 Å². The summed E-state index contributed by atoms with van der Waals surface area (Å²) in [5.41, 5.74) is 0.737. The molecular formula is C12H13ClN2O3. The number of aliphatic hydroxyl groups excluding tert-OH is 1. The van der Waals surface area contributed by atoms with Gasteiger partial charge in [0.2, 0.25) is 0 Å². The lowest BCUT2D eigenvalue weighted by Gasteiger charge is -2.09. The lowest BCUT2D eigenvalue weighted by Crippen LogP contribution is -1.98. The highest BCUT2D eigenvalue weighted by Gasteiger charge is 2.09. The molecule has 0 radical (unpaired) electrons. The first kappa shape index (κ1) is 12.9. The summed E-state index contributed by atoms with van der Waals surface area (Å²) in [5.74, 6) is 1.46. The second kappa shape index (κ2) is 5.37. The summed E-state index contributed by atoms with van der Waals surface area (Å²) >= 11 is 6.04. The fourth-order valence-corrected chi connectivity index (χ4v) is 1.68. The number of rotatable bonds is 4. The van der Waals surface area contributed by atoms with Gasteiger partial charge < -0.3 is 14.4 Å². The number of ether oxygens (including phenoxy) is 1. The average Bonchev–Trinajstić information content (AvgIpc) is 2.73. The monoisotopic (exact) mass is 268 g/mol. The van der Waals surface area contributed by atoms with Crippen molar-refractivity contribution in [2.45, 2.75) is 26.6 Å². The number of halogens is 1. The van der Waals surface area contributed by atoms with Crippen molar-refractivity contribution in [3.8, 4) is 5.75 Å². The molecule has 5 nitrogen and oxygen atoms in total. The van der Waals surface area contributed by atoms with E-state index in [1.54, 1.807) is 32.0 Å². The van der Waals surface area contributed by atoms with Crippen molar-refractivity contribution in [3.63, 3.8) is 0 Å². The molecule has 0 unspecified atom stereocenters. The third-order valence-corrected chi connectivity index (χ3v) is 2.65. The van der Waals surface area contributed by atoms with Crippen LogP contribution in [0, 0.1) is 6.92 Å². The van der Waals surface area contributed by atoms with E-state index in [1.807, 2.05) is 0 Å². The zero-order valence-electron chi connectivity index (χ0n) is 10.1. The molecule has 0 aliphatic carbocycles. The topological polar surface area (TPSA) is 68.4 Å². The van der Waals surface area contributed by atoms with Gasteiger partial charge in [0.05, 0.1) is 11.1 Å². The summed E-state index contributed by atoms with van der Waals surface area (Å²) in [6.07, 6.45) is -0.560. The molecule has 0 aliphatic heterocycles. The molecule has 0 bridgehead atoms. The van der Waals surface area contributed by atoms with E-state index in [9.17, 15) is 5.11 Å². The second-order valence-corrected chi connectivity index (χ2v) is 4.30. The molecule has 0 amide bonds. The first-order valence-electron chi connectivity index (χ1n) is 5.46. The van der Waals surface area contributed by atoms with Gasteiger partial charge in [-0.1, -0.05) is 22.8 Å². The molecule has 0 saturated heterocycles. The number of hydrogen-bond donors (Lipinski definition) is 1. The number of aromatic nitrogens is 2. The first-order chi connectivity index (χ1) is 8.56. The van der Waals surface area contributed by atoms with Crippen LogP contribution in [0.5, 0.6) is 5.75 Å². The minimum absolute atomic E-state index is 0.161. The van der Waals surface area contributed by atoms with E-state index in [1.165, 1.54) is 0 Å². The van der Waals surface area contributed by atoms with Crippen molar-refractivity contribution in [2.24, 2.45) is 0 Å². The predicted octanol–water partition coefficient (Wildman–Crippen LogP) is 2.66. The molecule has 18 heavy (non-hydrogen) atoms. The van der Waals surface area contributed by atoms with Crippen molar-refractivity contribution in [1.82, 2.24) is 10.1 Å². The standard InChI is InChI=1S/C12H13ClN2O3/c1-7(16)9-3-4-11(10(13)5-9)17-6-12-14-8(2)15-18-12/h3-5,7,16H,6H2,1-2H3/t7-/m1/s1. The molecule has 2 rings (SSSR count). The normalized spacial score (nSPS) is 12.4. The number of hydrogen-bond acceptors (Lipinski definition) is 5. The summed E-state index contributed by atoms with van der Waals surface area (Å²) in [7, 11) is 0. The Balaban J connectivity index is 2.05. The van der Waals surface area contributed by atoms with E-state index >= 15 is 0 Å². The summed E-state index contributed by atoms with van der Waals surface area (Å²) < 4.78 is 10.4. The van der Waals surface area contributed by atoms with E-state index in [4.69, 9.17) is 20.9 Å². The first-order valence-corrected chi connectivity index (χ1v) is 5.83. The maximum absolute atomic E-state index is 9.42. The Kier molecular flexibility index (Phi) is 3.84. The van der Waals surface area contributed by atoms with Crippen LogP contribution in [0.25, 0.3) is 0 Å². The molecule has 96 valence electrons. The Hall–Kier alpha value is -1.59. The molecule has 1 atom stereocenters. The van der Waals surface area contributed by atoms with Gasteiger partial charge in [0.1, 0.15) is 5.75 Å². The highest BCUT2D eigenvalue weighted by atomic mass is 35.5. The van der Waals surface area contributed by atoms with Gasteiger partial charge >= 0.3 is 0 Å². The molecule has 1 aromatic heterocycles. The van der Waals surface area contributed by atoms with Crippen LogP contribution in [0.15, 0.2) is 22.7 Å². The third-order valence-electron chi connectivity index (χ3n) is 2.36. The number of benzene rings is 1. The highest BCUT2D eigenvalue weighted by molar-refractivity contribution is 6.32. The number of aryl methyl sites for hydroxylation is 1. The summed E-state index contributed by atoms with van der Waals surface area (Å²) in [6.45, 7) is 3.57. The van der Waals surface area contributed by atoms with E-state index < -0.39 is 6.10 Å². The van der Waals surface area contributed by atoms with Crippen LogP contribution in [0.1, 0.15) is 30.3 Å². The quantitative estimate of drug-likeness (QED) is 0.923. The van der Waals surface area contributed by atoms with Crippen molar-refractivity contribution in [3.05, 3.63) is 40.5 Å². The van der Waals surface area contributed by atoms with Crippen LogP contribution in [0.3, 0.4) is 0 Å². The molecule has 0 saturated carbocycles. The van der Waals surface area contributed by atoms with Crippen LogP contribution in [0.2, 0.25) is 5.02 Å². The second-order valence-electron chi connectivity index (χ2n) is 3.89. The predicted molar refractivity (Wildman–Crippen MR) is 65.5 cm³/mol. The fourth-order valence-electron chi connectivity index (χ4n) is 1.43. The zero-order chi connectivity index (χ0) is 13.1. The van der Waals surface area contributed by atoms with E-state index in [-0.39, 0.29) is 6.61 Å². The summed E-state index contributed by atoms with van der Waals surface area (Å²) in [6, 6.07) is 5.12. The molecule has 1 heterocycles.